The average molecular weight is 223 g/mol. The van der Waals surface area contributed by atoms with Crippen molar-refractivity contribution in [3.63, 3.8) is 0 Å². The number of benzene rings is 2. The van der Waals surface area contributed by atoms with Crippen molar-refractivity contribution in [3.05, 3.63) is 78.2 Å². The van der Waals surface area contributed by atoms with E-state index in [0.29, 0.717) is 5.92 Å². The van der Waals surface area contributed by atoms with E-state index in [9.17, 15) is 0 Å². The van der Waals surface area contributed by atoms with Crippen LogP contribution in [0.1, 0.15) is 36.8 Å². The smallest absolute Gasteiger partial charge is 0.00929 e. The second-order valence-electron chi connectivity index (χ2n) is 4.50. The molecule has 0 spiro atoms. The fourth-order valence-electron chi connectivity index (χ4n) is 2.04. The summed E-state index contributed by atoms with van der Waals surface area (Å²) < 4.78 is 0. The molecule has 0 aliphatic carbocycles. The molecule has 0 amide bonds. The molecule has 0 aromatic heterocycles. The minimum absolute atomic E-state index is 0.635. The van der Waals surface area contributed by atoms with Crippen molar-refractivity contribution in [1.29, 1.82) is 0 Å². The molecule has 0 heterocycles. The van der Waals surface area contributed by atoms with Crippen LogP contribution in [0.3, 0.4) is 0 Å². The summed E-state index contributed by atoms with van der Waals surface area (Å²) in [6.07, 6.45) is 4.67. The normalized spacial score (nSPS) is 12.3. The van der Waals surface area contributed by atoms with E-state index in [4.69, 9.17) is 0 Å². The Labute approximate surface area is 104 Å². The molecule has 87 valence electrons. The molecule has 0 bridgehead atoms. The molecule has 1 radical (unpaired) electrons. The van der Waals surface area contributed by atoms with Gasteiger partial charge in [0.1, 0.15) is 0 Å². The highest BCUT2D eigenvalue weighted by molar-refractivity contribution is 5.23. The third kappa shape index (κ3) is 3.74. The van der Waals surface area contributed by atoms with Crippen LogP contribution in [-0.4, -0.2) is 0 Å². The first-order valence-electron chi connectivity index (χ1n) is 6.29. The highest BCUT2D eigenvalue weighted by atomic mass is 14.1. The van der Waals surface area contributed by atoms with Gasteiger partial charge in [-0.2, -0.15) is 0 Å². The first kappa shape index (κ1) is 11.9. The molecule has 0 aliphatic heterocycles. The molecule has 0 saturated heterocycles. The summed E-state index contributed by atoms with van der Waals surface area (Å²) in [6, 6.07) is 21.3. The van der Waals surface area contributed by atoms with E-state index in [1.165, 1.54) is 17.5 Å². The van der Waals surface area contributed by atoms with Gasteiger partial charge in [-0.05, 0) is 36.3 Å². The molecular weight excluding hydrogens is 204 g/mol. The van der Waals surface area contributed by atoms with Gasteiger partial charge in [-0.15, -0.1) is 0 Å². The van der Waals surface area contributed by atoms with Gasteiger partial charge in [0.05, 0.1) is 0 Å². The topological polar surface area (TPSA) is 0 Å². The van der Waals surface area contributed by atoms with E-state index < -0.39 is 0 Å². The Morgan fingerprint density at radius 1 is 0.882 bits per heavy atom. The maximum atomic E-state index is 2.32. The fraction of sp³-hybridized carbons (Fsp3) is 0.235. The zero-order valence-corrected chi connectivity index (χ0v) is 10.3. The Balaban J connectivity index is 1.79. The molecule has 17 heavy (non-hydrogen) atoms. The average Bonchev–Trinajstić information content (AvgIpc) is 2.41. The lowest BCUT2D eigenvalue weighted by Gasteiger charge is -2.11. The molecule has 0 aliphatic rings. The lowest BCUT2D eigenvalue weighted by Crippen LogP contribution is -1.93. The van der Waals surface area contributed by atoms with E-state index >= 15 is 0 Å². The summed E-state index contributed by atoms with van der Waals surface area (Å²) in [5.41, 5.74) is 2.77. The Bertz CT molecular complexity index is 416. The van der Waals surface area contributed by atoms with E-state index in [2.05, 4.69) is 74.0 Å². The van der Waals surface area contributed by atoms with Gasteiger partial charge in [0.15, 0.2) is 0 Å². The van der Waals surface area contributed by atoms with Gasteiger partial charge >= 0.3 is 0 Å². The van der Waals surface area contributed by atoms with Crippen LogP contribution in [0.2, 0.25) is 0 Å². The van der Waals surface area contributed by atoms with Gasteiger partial charge in [0, 0.05) is 0 Å². The summed E-state index contributed by atoms with van der Waals surface area (Å²) >= 11 is 0. The van der Waals surface area contributed by atoms with Gasteiger partial charge in [0.25, 0.3) is 0 Å². The second kappa shape index (κ2) is 6.24. The minimum Gasteiger partial charge on any atom is -0.0622 e. The van der Waals surface area contributed by atoms with Crippen molar-refractivity contribution in [2.24, 2.45) is 0 Å². The lowest BCUT2D eigenvalue weighted by atomic mass is 9.94. The summed E-state index contributed by atoms with van der Waals surface area (Å²) in [4.78, 5) is 0. The monoisotopic (exact) mass is 223 g/mol. The van der Waals surface area contributed by atoms with Crippen LogP contribution in [0, 0.1) is 6.42 Å². The van der Waals surface area contributed by atoms with E-state index in [1.54, 1.807) is 0 Å². The highest BCUT2D eigenvalue weighted by Crippen LogP contribution is 2.21. The maximum Gasteiger partial charge on any atom is -0.00929 e. The standard InChI is InChI=1S/C17H19/c1-15(17-13-6-3-7-14-17)9-8-12-16-10-4-2-5-11-16/h2-7,10-15H,8-9H2,1H3/t15-/m0/s1. The van der Waals surface area contributed by atoms with Gasteiger partial charge < -0.3 is 0 Å². The molecule has 2 aromatic rings. The molecular formula is C17H19. The summed E-state index contributed by atoms with van der Waals surface area (Å²) in [5, 5.41) is 0. The van der Waals surface area contributed by atoms with Crippen LogP contribution >= 0.6 is 0 Å². The minimum atomic E-state index is 0.635. The molecule has 0 nitrogen and oxygen atoms in total. The van der Waals surface area contributed by atoms with E-state index in [0.717, 1.165) is 6.42 Å². The van der Waals surface area contributed by atoms with Crippen molar-refractivity contribution in [3.8, 4) is 0 Å². The molecule has 2 rings (SSSR count). The number of hydrogen-bond donors (Lipinski definition) is 0. The van der Waals surface area contributed by atoms with Crippen LogP contribution in [0.5, 0.6) is 0 Å². The third-order valence-corrected chi connectivity index (χ3v) is 3.15. The van der Waals surface area contributed by atoms with E-state index in [-0.39, 0.29) is 0 Å². The first-order chi connectivity index (χ1) is 8.36. The van der Waals surface area contributed by atoms with Gasteiger partial charge in [0.2, 0.25) is 0 Å². The molecule has 1 atom stereocenters. The van der Waals surface area contributed by atoms with Crippen molar-refractivity contribution in [2.75, 3.05) is 0 Å². The quantitative estimate of drug-likeness (QED) is 0.681. The Hall–Kier alpha value is -1.56. The van der Waals surface area contributed by atoms with Gasteiger partial charge in [-0.3, -0.25) is 0 Å². The first-order valence-corrected chi connectivity index (χ1v) is 6.29. The third-order valence-electron chi connectivity index (χ3n) is 3.15. The van der Waals surface area contributed by atoms with Crippen molar-refractivity contribution < 1.29 is 0 Å². The molecule has 0 N–H and O–H groups in total. The maximum absolute atomic E-state index is 2.32. The molecule has 2 aromatic carbocycles. The van der Waals surface area contributed by atoms with Crippen LogP contribution in [0.25, 0.3) is 0 Å². The van der Waals surface area contributed by atoms with Crippen LogP contribution < -0.4 is 0 Å². The Kier molecular flexibility index (Phi) is 4.37. The lowest BCUT2D eigenvalue weighted by molar-refractivity contribution is 0.677. The van der Waals surface area contributed by atoms with Crippen LogP contribution in [-0.2, 0) is 0 Å². The Morgan fingerprint density at radius 2 is 1.47 bits per heavy atom. The highest BCUT2D eigenvalue weighted by Gasteiger charge is 2.04. The summed E-state index contributed by atoms with van der Waals surface area (Å²) in [7, 11) is 0. The zero-order valence-electron chi connectivity index (χ0n) is 10.3. The zero-order chi connectivity index (χ0) is 11.9. The largest absolute Gasteiger partial charge is 0.0622 e. The predicted octanol–water partition coefficient (Wildman–Crippen LogP) is 4.82. The number of rotatable bonds is 5. The van der Waals surface area contributed by atoms with Crippen molar-refractivity contribution in [1.82, 2.24) is 0 Å². The van der Waals surface area contributed by atoms with Crippen molar-refractivity contribution in [2.45, 2.75) is 25.7 Å². The van der Waals surface area contributed by atoms with Crippen LogP contribution in [0.15, 0.2) is 60.7 Å². The molecule has 0 saturated carbocycles. The SMILES string of the molecule is C[C@@H](CC[CH]c1ccccc1)c1ccccc1. The Morgan fingerprint density at radius 3 is 2.12 bits per heavy atom. The predicted molar refractivity (Wildman–Crippen MR) is 73.9 cm³/mol. The molecule has 0 heteroatoms. The second-order valence-corrected chi connectivity index (χ2v) is 4.50. The molecule has 0 fully saturated rings. The fourth-order valence-corrected chi connectivity index (χ4v) is 2.04. The summed E-state index contributed by atoms with van der Waals surface area (Å²) in [5.74, 6) is 0.635. The molecule has 0 unspecified atom stereocenters. The number of hydrogen-bond acceptors (Lipinski definition) is 0. The van der Waals surface area contributed by atoms with Gasteiger partial charge in [-0.25, -0.2) is 0 Å². The van der Waals surface area contributed by atoms with Crippen molar-refractivity contribution >= 4 is 0 Å². The van der Waals surface area contributed by atoms with Crippen LogP contribution in [0.4, 0.5) is 0 Å². The van der Waals surface area contributed by atoms with E-state index in [1.807, 2.05) is 0 Å². The van der Waals surface area contributed by atoms with Gasteiger partial charge in [-0.1, -0.05) is 67.6 Å². The summed E-state index contributed by atoms with van der Waals surface area (Å²) in [6.45, 7) is 2.30.